The average molecular weight is 695 g/mol. The molecule has 0 saturated heterocycles. The van der Waals surface area contributed by atoms with Gasteiger partial charge in [0.15, 0.2) is 0 Å². The largest absolute Gasteiger partial charge is 0.341 e. The Balaban J connectivity index is 1.38. The molecule has 0 aliphatic carbocycles. The van der Waals surface area contributed by atoms with Crippen molar-refractivity contribution in [1.82, 2.24) is 4.57 Å². The molecule has 0 atom stereocenters. The first kappa shape index (κ1) is 35.7. The van der Waals surface area contributed by atoms with Gasteiger partial charge in [-0.25, -0.2) is 0 Å². The van der Waals surface area contributed by atoms with Gasteiger partial charge < -0.3 is 14.4 Å². The van der Waals surface area contributed by atoms with Crippen LogP contribution in [-0.4, -0.2) is 17.7 Å². The highest BCUT2D eigenvalue weighted by molar-refractivity contribution is 5.96. The second kappa shape index (κ2) is 16.3. The van der Waals surface area contributed by atoms with Crippen LogP contribution in [0.15, 0.2) is 152 Å². The highest BCUT2D eigenvalue weighted by Gasteiger charge is 2.32. The summed E-state index contributed by atoms with van der Waals surface area (Å²) in [6.07, 6.45) is 4.57. The summed E-state index contributed by atoms with van der Waals surface area (Å²) < 4.78 is 2.37. The van der Waals surface area contributed by atoms with Crippen molar-refractivity contribution in [1.29, 1.82) is 0 Å². The van der Waals surface area contributed by atoms with Gasteiger partial charge in [0.1, 0.15) is 5.69 Å². The number of para-hydroxylation sites is 1. The predicted molar refractivity (Wildman–Crippen MR) is 228 cm³/mol. The third-order valence-electron chi connectivity index (χ3n) is 10.5. The summed E-state index contributed by atoms with van der Waals surface area (Å²) in [7, 11) is 2.21. The Labute approximate surface area is 317 Å². The van der Waals surface area contributed by atoms with Crippen molar-refractivity contribution in [3.05, 3.63) is 185 Å². The highest BCUT2D eigenvalue weighted by Crippen LogP contribution is 2.44. The van der Waals surface area contributed by atoms with Crippen molar-refractivity contribution in [3.8, 4) is 11.3 Å². The fraction of sp³-hybridized carbons (Fsp3) is 0.220. The fourth-order valence-corrected chi connectivity index (χ4v) is 7.55. The first-order valence-corrected chi connectivity index (χ1v) is 19.4. The number of fused-ring (bicyclic) bond motifs is 1. The second-order valence-corrected chi connectivity index (χ2v) is 14.3. The van der Waals surface area contributed by atoms with Gasteiger partial charge in [0.25, 0.3) is 0 Å². The van der Waals surface area contributed by atoms with Crippen molar-refractivity contribution in [3.63, 3.8) is 0 Å². The average Bonchev–Trinajstić information content (AvgIpc) is 3.49. The molecule has 6 aromatic carbocycles. The molecule has 0 saturated carbocycles. The third-order valence-corrected chi connectivity index (χ3v) is 10.5. The molecule has 0 unspecified atom stereocenters. The molecule has 0 fully saturated rings. The SMILES string of the molecule is CCCCN(c1ccc(C)cc1)c1ccc([C+](c2ccc(N(CCCC)c3ccc(C)cc3)cc2)c2c(-c3ccccc3)n(C)c3ccccc23)cc1. The molecule has 7 rings (SSSR count). The molecule has 1 heterocycles. The van der Waals surface area contributed by atoms with Gasteiger partial charge in [-0.3, -0.25) is 0 Å². The van der Waals surface area contributed by atoms with Crippen LogP contribution in [0.5, 0.6) is 0 Å². The number of hydrogen-bond donors (Lipinski definition) is 0. The molecule has 3 nitrogen and oxygen atoms in total. The summed E-state index contributed by atoms with van der Waals surface area (Å²) in [5.74, 6) is 1.24. The zero-order valence-corrected chi connectivity index (χ0v) is 32.0. The first-order chi connectivity index (χ1) is 26.0. The maximum atomic E-state index is 2.46. The molecule has 0 bridgehead atoms. The minimum atomic E-state index is 0.980. The number of rotatable bonds is 14. The van der Waals surface area contributed by atoms with Gasteiger partial charge in [-0.2, -0.15) is 0 Å². The van der Waals surface area contributed by atoms with Crippen LogP contribution in [0.1, 0.15) is 67.3 Å². The predicted octanol–water partition coefficient (Wildman–Crippen LogP) is 13.4. The van der Waals surface area contributed by atoms with Crippen molar-refractivity contribution >= 4 is 33.7 Å². The Morgan fingerprint density at radius 2 is 0.906 bits per heavy atom. The Hall–Kier alpha value is -5.67. The van der Waals surface area contributed by atoms with Crippen LogP contribution in [0.4, 0.5) is 22.7 Å². The molecule has 0 aliphatic heterocycles. The lowest BCUT2D eigenvalue weighted by Gasteiger charge is -2.26. The number of anilines is 4. The van der Waals surface area contributed by atoms with E-state index < -0.39 is 0 Å². The topological polar surface area (TPSA) is 11.4 Å². The van der Waals surface area contributed by atoms with Crippen LogP contribution in [0.3, 0.4) is 0 Å². The van der Waals surface area contributed by atoms with E-state index in [4.69, 9.17) is 0 Å². The van der Waals surface area contributed by atoms with E-state index in [0.717, 1.165) is 38.8 Å². The Morgan fingerprint density at radius 1 is 0.491 bits per heavy atom. The Kier molecular flexibility index (Phi) is 11.0. The summed E-state index contributed by atoms with van der Waals surface area (Å²) in [5.41, 5.74) is 14.8. The lowest BCUT2D eigenvalue weighted by Crippen LogP contribution is -2.19. The van der Waals surface area contributed by atoms with Crippen LogP contribution in [0.25, 0.3) is 22.2 Å². The van der Waals surface area contributed by atoms with Gasteiger partial charge in [0, 0.05) is 37.1 Å². The van der Waals surface area contributed by atoms with Crippen molar-refractivity contribution in [2.75, 3.05) is 22.9 Å². The maximum Gasteiger partial charge on any atom is 0.103 e. The lowest BCUT2D eigenvalue weighted by atomic mass is 9.82. The zero-order valence-electron chi connectivity index (χ0n) is 32.0. The molecule has 53 heavy (non-hydrogen) atoms. The smallest absolute Gasteiger partial charge is 0.103 e. The van der Waals surface area contributed by atoms with Crippen LogP contribution < -0.4 is 9.80 Å². The van der Waals surface area contributed by atoms with E-state index >= 15 is 0 Å². The first-order valence-electron chi connectivity index (χ1n) is 19.4. The molecule has 3 heteroatoms. The molecule has 266 valence electrons. The molecule has 1 aromatic heterocycles. The number of unbranched alkanes of at least 4 members (excludes halogenated alkanes) is 2. The highest BCUT2D eigenvalue weighted by atomic mass is 15.1. The zero-order chi connectivity index (χ0) is 36.7. The Bertz CT molecular complexity index is 2110. The van der Waals surface area contributed by atoms with Gasteiger partial charge in [0.2, 0.25) is 0 Å². The molecular weight excluding hydrogens is 643 g/mol. The lowest BCUT2D eigenvalue weighted by molar-refractivity contribution is 0.785. The summed E-state index contributed by atoms with van der Waals surface area (Å²) in [6, 6.07) is 56.2. The van der Waals surface area contributed by atoms with Crippen LogP contribution in [0, 0.1) is 19.8 Å². The van der Waals surface area contributed by atoms with E-state index in [1.54, 1.807) is 0 Å². The Morgan fingerprint density at radius 3 is 1.36 bits per heavy atom. The molecule has 0 spiro atoms. The van der Waals surface area contributed by atoms with Gasteiger partial charge in [-0.15, -0.1) is 0 Å². The van der Waals surface area contributed by atoms with Gasteiger partial charge in [-0.05, 0) is 124 Å². The van der Waals surface area contributed by atoms with Crippen LogP contribution in [0.2, 0.25) is 0 Å². The second-order valence-electron chi connectivity index (χ2n) is 14.3. The van der Waals surface area contributed by atoms with E-state index in [1.165, 1.54) is 78.6 Å². The number of nitrogens with zero attached hydrogens (tertiary/aromatic N) is 3. The fourth-order valence-electron chi connectivity index (χ4n) is 7.55. The molecule has 0 N–H and O–H groups in total. The van der Waals surface area contributed by atoms with Gasteiger partial charge in [0.05, 0.1) is 44.9 Å². The number of benzene rings is 6. The number of aromatic nitrogens is 1. The van der Waals surface area contributed by atoms with E-state index in [-0.39, 0.29) is 0 Å². The van der Waals surface area contributed by atoms with E-state index in [9.17, 15) is 0 Å². The van der Waals surface area contributed by atoms with E-state index in [0.29, 0.717) is 0 Å². The van der Waals surface area contributed by atoms with Crippen LogP contribution >= 0.6 is 0 Å². The van der Waals surface area contributed by atoms with E-state index in [1.807, 2.05) is 0 Å². The standard InChI is InChI=1S/C50H52N3/c1-6-8-35-52(42-27-19-37(3)20-28-42)44-31-23-39(24-32-44)48(49-46-17-13-14-18-47(46)51(5)50(49)41-15-11-10-12-16-41)40-25-33-45(34-26-40)53(36-9-7-2)43-29-21-38(4)22-30-43/h10-34H,6-9,35-36H2,1-5H3/q+1. The van der Waals surface area contributed by atoms with Crippen molar-refractivity contribution in [2.45, 2.75) is 53.4 Å². The van der Waals surface area contributed by atoms with Gasteiger partial charge >= 0.3 is 0 Å². The van der Waals surface area contributed by atoms with E-state index in [2.05, 4.69) is 201 Å². The van der Waals surface area contributed by atoms with Crippen molar-refractivity contribution < 1.29 is 0 Å². The monoisotopic (exact) mass is 694 g/mol. The summed E-state index contributed by atoms with van der Waals surface area (Å²) in [6.45, 7) is 10.8. The molecule has 0 radical (unpaired) electrons. The molecular formula is C50H52N3+. The summed E-state index contributed by atoms with van der Waals surface area (Å²) >= 11 is 0. The maximum absolute atomic E-state index is 2.46. The quantitative estimate of drug-likeness (QED) is 0.105. The number of hydrogen-bond acceptors (Lipinski definition) is 2. The van der Waals surface area contributed by atoms with Crippen LogP contribution in [-0.2, 0) is 7.05 Å². The third kappa shape index (κ3) is 7.62. The normalized spacial score (nSPS) is 11.2. The molecule has 0 amide bonds. The number of aryl methyl sites for hydroxylation is 3. The molecule has 7 aromatic rings. The minimum Gasteiger partial charge on any atom is -0.341 e. The van der Waals surface area contributed by atoms with Crippen molar-refractivity contribution in [2.24, 2.45) is 7.05 Å². The van der Waals surface area contributed by atoms with Gasteiger partial charge in [-0.1, -0.05) is 92.4 Å². The molecule has 0 aliphatic rings. The summed E-state index contributed by atoms with van der Waals surface area (Å²) in [5, 5.41) is 1.26. The summed E-state index contributed by atoms with van der Waals surface area (Å²) in [4.78, 5) is 4.93. The minimum absolute atomic E-state index is 0.980.